The Labute approximate surface area is 86.7 Å². The zero-order valence-corrected chi connectivity index (χ0v) is 8.23. The second kappa shape index (κ2) is 5.64. The lowest BCUT2D eigenvalue weighted by molar-refractivity contribution is -0.139. The van der Waals surface area contributed by atoms with Crippen molar-refractivity contribution < 1.29 is 18.7 Å². The highest BCUT2D eigenvalue weighted by Gasteiger charge is 2.10. The Bertz CT molecular complexity index is 354. The number of rotatable bonds is 5. The maximum atomic E-state index is 11.3. The summed E-state index contributed by atoms with van der Waals surface area (Å²) < 4.78 is 9.73. The van der Waals surface area contributed by atoms with Crippen molar-refractivity contribution in [1.82, 2.24) is 5.32 Å². The third kappa shape index (κ3) is 3.30. The first kappa shape index (κ1) is 11.0. The van der Waals surface area contributed by atoms with E-state index in [1.54, 1.807) is 19.1 Å². The van der Waals surface area contributed by atoms with Crippen molar-refractivity contribution in [2.75, 3.05) is 6.61 Å². The quantitative estimate of drug-likeness (QED) is 0.445. The van der Waals surface area contributed by atoms with Crippen molar-refractivity contribution in [2.24, 2.45) is 0 Å². The van der Waals surface area contributed by atoms with Crippen LogP contribution in [-0.2, 0) is 14.3 Å². The van der Waals surface area contributed by atoms with E-state index in [1.807, 2.05) is 0 Å². The number of hydrogen-bond donors (Lipinski definition) is 1. The van der Waals surface area contributed by atoms with Crippen LogP contribution in [0.1, 0.15) is 12.7 Å². The first-order valence-corrected chi connectivity index (χ1v) is 4.40. The van der Waals surface area contributed by atoms with Crippen molar-refractivity contribution >= 4 is 18.5 Å². The van der Waals surface area contributed by atoms with Crippen molar-refractivity contribution in [3.05, 3.63) is 29.9 Å². The van der Waals surface area contributed by atoms with Gasteiger partial charge in [0, 0.05) is 6.08 Å². The van der Waals surface area contributed by atoms with Crippen LogP contribution >= 0.6 is 0 Å². The summed E-state index contributed by atoms with van der Waals surface area (Å²) in [5, 5.41) is 2.25. The molecule has 1 heterocycles. The fourth-order valence-corrected chi connectivity index (χ4v) is 0.947. The minimum absolute atomic E-state index is 0.0433. The van der Waals surface area contributed by atoms with Gasteiger partial charge in [-0.05, 0) is 19.1 Å². The molecule has 0 spiro atoms. The molecule has 0 saturated carbocycles. The van der Waals surface area contributed by atoms with Crippen LogP contribution in [0.15, 0.2) is 28.5 Å². The van der Waals surface area contributed by atoms with Crippen LogP contribution in [0.2, 0.25) is 0 Å². The van der Waals surface area contributed by atoms with Crippen molar-refractivity contribution in [2.45, 2.75) is 6.92 Å². The lowest BCUT2D eigenvalue weighted by atomic mass is 10.3. The minimum Gasteiger partial charge on any atom is -0.465 e. The zero-order chi connectivity index (χ0) is 11.1. The number of esters is 1. The molecule has 0 unspecified atom stereocenters. The van der Waals surface area contributed by atoms with Crippen LogP contribution in [0.25, 0.3) is 6.08 Å². The number of amides is 1. The number of nitrogens with one attached hydrogen (secondary N) is 1. The molecule has 0 aromatic carbocycles. The van der Waals surface area contributed by atoms with Gasteiger partial charge in [0.25, 0.3) is 0 Å². The van der Waals surface area contributed by atoms with E-state index in [9.17, 15) is 9.59 Å². The minimum atomic E-state index is -0.596. The van der Waals surface area contributed by atoms with Crippen LogP contribution in [0, 0.1) is 0 Å². The molecule has 0 aliphatic rings. The largest absolute Gasteiger partial charge is 0.465 e. The molecule has 1 amide bonds. The van der Waals surface area contributed by atoms with Gasteiger partial charge in [-0.2, -0.15) is 0 Å². The summed E-state index contributed by atoms with van der Waals surface area (Å²) in [7, 11) is 0. The Balaban J connectivity index is 2.81. The van der Waals surface area contributed by atoms with Gasteiger partial charge in [-0.25, -0.2) is 4.79 Å². The number of carbonyl (C=O) groups excluding carboxylic acids is 2. The molecule has 0 aliphatic heterocycles. The maximum absolute atomic E-state index is 11.3. The summed E-state index contributed by atoms with van der Waals surface area (Å²) >= 11 is 0. The molecular formula is C10H11NO4. The van der Waals surface area contributed by atoms with Gasteiger partial charge in [0.05, 0.1) is 12.9 Å². The lowest BCUT2D eigenvalue weighted by Gasteiger charge is -2.03. The topological polar surface area (TPSA) is 68.5 Å². The fourth-order valence-electron chi connectivity index (χ4n) is 0.947. The number of carbonyl (C=O) groups is 2. The molecule has 0 radical (unpaired) electrons. The SMILES string of the molecule is CCOC(=O)C(=Cc1ccco1)NC=O. The normalized spacial score (nSPS) is 10.9. The smallest absolute Gasteiger partial charge is 0.354 e. The van der Waals surface area contributed by atoms with Gasteiger partial charge in [-0.15, -0.1) is 0 Å². The molecule has 1 rings (SSSR count). The van der Waals surface area contributed by atoms with Gasteiger partial charge in [-0.3, -0.25) is 4.79 Å². The fraction of sp³-hybridized carbons (Fsp3) is 0.200. The average Bonchev–Trinajstić information content (AvgIpc) is 2.70. The highest BCUT2D eigenvalue weighted by atomic mass is 16.5. The Hall–Kier alpha value is -2.04. The molecule has 0 bridgehead atoms. The Kier molecular flexibility index (Phi) is 4.15. The van der Waals surface area contributed by atoms with E-state index in [2.05, 4.69) is 5.32 Å². The van der Waals surface area contributed by atoms with Crippen molar-refractivity contribution in [3.63, 3.8) is 0 Å². The molecule has 15 heavy (non-hydrogen) atoms. The predicted molar refractivity (Wildman–Crippen MR) is 52.5 cm³/mol. The molecule has 5 heteroatoms. The molecule has 80 valence electrons. The second-order valence-corrected chi connectivity index (χ2v) is 2.56. The molecule has 0 fully saturated rings. The van der Waals surface area contributed by atoms with Crippen LogP contribution in [0.5, 0.6) is 0 Å². The lowest BCUT2D eigenvalue weighted by Crippen LogP contribution is -2.20. The molecule has 1 aromatic rings. The molecule has 0 aliphatic carbocycles. The molecule has 5 nitrogen and oxygen atoms in total. The van der Waals surface area contributed by atoms with E-state index >= 15 is 0 Å². The highest BCUT2D eigenvalue weighted by molar-refractivity contribution is 5.94. The standard InChI is InChI=1S/C10H11NO4/c1-2-14-10(13)9(11-7-12)6-8-4-3-5-15-8/h3-7H,2H2,1H3,(H,11,12). The number of furan rings is 1. The van der Waals surface area contributed by atoms with Gasteiger partial charge in [0.1, 0.15) is 11.5 Å². The van der Waals surface area contributed by atoms with Crippen LogP contribution < -0.4 is 5.32 Å². The highest BCUT2D eigenvalue weighted by Crippen LogP contribution is 2.06. The summed E-state index contributed by atoms with van der Waals surface area (Å²) in [5.41, 5.74) is 0.0433. The van der Waals surface area contributed by atoms with E-state index < -0.39 is 5.97 Å². The summed E-state index contributed by atoms with van der Waals surface area (Å²) in [4.78, 5) is 21.6. The first-order chi connectivity index (χ1) is 7.27. The van der Waals surface area contributed by atoms with Crippen molar-refractivity contribution in [3.8, 4) is 0 Å². The Morgan fingerprint density at radius 1 is 1.67 bits per heavy atom. The van der Waals surface area contributed by atoms with E-state index in [1.165, 1.54) is 12.3 Å². The van der Waals surface area contributed by atoms with Gasteiger partial charge in [-0.1, -0.05) is 0 Å². The van der Waals surface area contributed by atoms with E-state index in [0.717, 1.165) is 0 Å². The Morgan fingerprint density at radius 2 is 2.47 bits per heavy atom. The summed E-state index contributed by atoms with van der Waals surface area (Å²) in [6.07, 6.45) is 3.27. The molecule has 1 N–H and O–H groups in total. The van der Waals surface area contributed by atoms with E-state index in [0.29, 0.717) is 12.2 Å². The average molecular weight is 209 g/mol. The molecule has 0 atom stereocenters. The number of ether oxygens (including phenoxy) is 1. The molecule has 0 saturated heterocycles. The monoisotopic (exact) mass is 209 g/mol. The van der Waals surface area contributed by atoms with Gasteiger partial charge < -0.3 is 14.5 Å². The molecular weight excluding hydrogens is 198 g/mol. The van der Waals surface area contributed by atoms with Gasteiger partial charge >= 0.3 is 5.97 Å². The van der Waals surface area contributed by atoms with Gasteiger partial charge in [0.15, 0.2) is 0 Å². The van der Waals surface area contributed by atoms with Crippen LogP contribution in [-0.4, -0.2) is 19.0 Å². The second-order valence-electron chi connectivity index (χ2n) is 2.56. The third-order valence-electron chi connectivity index (χ3n) is 1.54. The van der Waals surface area contributed by atoms with Gasteiger partial charge in [0.2, 0.25) is 6.41 Å². The first-order valence-electron chi connectivity index (χ1n) is 4.40. The van der Waals surface area contributed by atoms with E-state index in [-0.39, 0.29) is 12.3 Å². The summed E-state index contributed by atoms with van der Waals surface area (Å²) in [6, 6.07) is 3.33. The Morgan fingerprint density at radius 3 is 3.00 bits per heavy atom. The third-order valence-corrected chi connectivity index (χ3v) is 1.54. The van der Waals surface area contributed by atoms with Crippen LogP contribution in [0.4, 0.5) is 0 Å². The van der Waals surface area contributed by atoms with E-state index in [4.69, 9.17) is 9.15 Å². The summed E-state index contributed by atoms with van der Waals surface area (Å²) in [6.45, 7) is 1.93. The number of hydrogen-bond acceptors (Lipinski definition) is 4. The maximum Gasteiger partial charge on any atom is 0.354 e. The predicted octanol–water partition coefficient (Wildman–Crippen LogP) is 0.930. The zero-order valence-electron chi connectivity index (χ0n) is 8.23. The summed E-state index contributed by atoms with van der Waals surface area (Å²) in [5.74, 6) is -0.131. The van der Waals surface area contributed by atoms with Crippen molar-refractivity contribution in [1.29, 1.82) is 0 Å². The van der Waals surface area contributed by atoms with Crippen LogP contribution in [0.3, 0.4) is 0 Å². The molecule has 1 aromatic heterocycles.